The lowest BCUT2D eigenvalue weighted by Gasteiger charge is -2.27. The maximum absolute atomic E-state index is 12.8. The first-order chi connectivity index (χ1) is 9.13. The Morgan fingerprint density at radius 1 is 1.05 bits per heavy atom. The van der Waals surface area contributed by atoms with Crippen molar-refractivity contribution in [3.8, 4) is 0 Å². The highest BCUT2D eigenvalue weighted by Gasteiger charge is 2.43. The Hall–Kier alpha value is -1.87. The summed E-state index contributed by atoms with van der Waals surface area (Å²) in [5.41, 5.74) is -2.39. The summed E-state index contributed by atoms with van der Waals surface area (Å²) in [5.74, 6) is -1.85. The van der Waals surface area contributed by atoms with E-state index in [0.717, 1.165) is 4.90 Å². The van der Waals surface area contributed by atoms with Gasteiger partial charge in [0.15, 0.2) is 5.69 Å². The Balaban J connectivity index is 2.60. The number of alkyl halides is 6. The molecule has 0 atom stereocenters. The Morgan fingerprint density at radius 2 is 1.70 bits per heavy atom. The van der Waals surface area contributed by atoms with E-state index in [2.05, 4.69) is 9.97 Å². The van der Waals surface area contributed by atoms with Gasteiger partial charge in [-0.1, -0.05) is 0 Å². The fourth-order valence-corrected chi connectivity index (χ4v) is 1.90. The van der Waals surface area contributed by atoms with E-state index in [0.29, 0.717) is 6.41 Å². The number of hydrogen-bond acceptors (Lipinski definition) is 3. The van der Waals surface area contributed by atoms with Crippen molar-refractivity contribution in [2.75, 3.05) is 6.54 Å². The smallest absolute Gasteiger partial charge is 0.339 e. The molecule has 0 spiro atoms. The minimum atomic E-state index is -5.08. The Bertz CT molecular complexity index is 539. The minimum absolute atomic E-state index is 0.0195. The van der Waals surface area contributed by atoms with Crippen LogP contribution in [0.4, 0.5) is 26.3 Å². The van der Waals surface area contributed by atoms with Crippen molar-refractivity contribution in [2.45, 2.75) is 25.3 Å². The van der Waals surface area contributed by atoms with Crippen LogP contribution >= 0.6 is 0 Å². The van der Waals surface area contributed by atoms with Gasteiger partial charge in [0.05, 0.1) is 12.2 Å². The van der Waals surface area contributed by atoms with E-state index < -0.39 is 36.1 Å². The second-order valence-corrected chi connectivity index (χ2v) is 4.14. The number of carbonyl (C=O) groups is 1. The van der Waals surface area contributed by atoms with Gasteiger partial charge in [-0.2, -0.15) is 26.3 Å². The lowest BCUT2D eigenvalue weighted by Crippen LogP contribution is -2.33. The van der Waals surface area contributed by atoms with Crippen LogP contribution in [0.5, 0.6) is 0 Å². The van der Waals surface area contributed by atoms with Crippen LogP contribution in [-0.2, 0) is 30.1 Å². The number of nitrogens with zero attached hydrogens (tertiary/aromatic N) is 3. The third-order valence-electron chi connectivity index (χ3n) is 2.77. The van der Waals surface area contributed by atoms with E-state index in [-0.39, 0.29) is 18.5 Å². The molecule has 0 saturated heterocycles. The SMILES string of the molecule is O=CN1CCc2c(nc(C(F)(F)F)nc2C(F)(F)F)C1. The van der Waals surface area contributed by atoms with E-state index in [1.807, 2.05) is 0 Å². The largest absolute Gasteiger partial charge is 0.451 e. The summed E-state index contributed by atoms with van der Waals surface area (Å²) in [7, 11) is 0. The highest BCUT2D eigenvalue weighted by atomic mass is 19.4. The van der Waals surface area contributed by atoms with Gasteiger partial charge in [-0.05, 0) is 6.42 Å². The summed E-state index contributed by atoms with van der Waals surface area (Å²) in [5, 5.41) is 0. The van der Waals surface area contributed by atoms with Crippen LogP contribution in [0.2, 0.25) is 0 Å². The Labute approximate surface area is 108 Å². The standard InChI is InChI=1S/C10H7F6N3O/c11-9(12,13)7-5-1-2-19(4-20)3-6(5)17-8(18-7)10(14,15)16/h4H,1-3H2. The van der Waals surface area contributed by atoms with Crippen molar-refractivity contribution in [1.29, 1.82) is 0 Å². The normalized spacial score (nSPS) is 16.0. The molecular formula is C10H7F6N3O. The van der Waals surface area contributed by atoms with Crippen molar-refractivity contribution >= 4 is 6.41 Å². The molecule has 20 heavy (non-hydrogen) atoms. The molecule has 0 N–H and O–H groups in total. The van der Waals surface area contributed by atoms with Gasteiger partial charge >= 0.3 is 12.4 Å². The molecule has 0 saturated carbocycles. The third-order valence-corrected chi connectivity index (χ3v) is 2.77. The first-order valence-corrected chi connectivity index (χ1v) is 5.36. The summed E-state index contributed by atoms with van der Waals surface area (Å²) in [6.07, 6.45) is -9.97. The maximum Gasteiger partial charge on any atom is 0.451 e. The molecular weight excluding hydrogens is 292 g/mol. The van der Waals surface area contributed by atoms with Gasteiger partial charge in [-0.15, -0.1) is 0 Å². The monoisotopic (exact) mass is 299 g/mol. The van der Waals surface area contributed by atoms with Gasteiger partial charge in [0.2, 0.25) is 12.2 Å². The number of halogens is 6. The van der Waals surface area contributed by atoms with E-state index in [1.54, 1.807) is 0 Å². The molecule has 2 rings (SSSR count). The zero-order valence-electron chi connectivity index (χ0n) is 9.72. The zero-order valence-corrected chi connectivity index (χ0v) is 9.72. The number of hydrogen-bond donors (Lipinski definition) is 0. The second-order valence-electron chi connectivity index (χ2n) is 4.14. The van der Waals surface area contributed by atoms with Crippen LogP contribution in [0.15, 0.2) is 0 Å². The summed E-state index contributed by atoms with van der Waals surface area (Å²) in [6, 6.07) is 0. The lowest BCUT2D eigenvalue weighted by atomic mass is 10.0. The van der Waals surface area contributed by atoms with Gasteiger partial charge in [0.1, 0.15) is 0 Å². The van der Waals surface area contributed by atoms with Crippen molar-refractivity contribution < 1.29 is 31.1 Å². The molecule has 1 aliphatic rings. The van der Waals surface area contributed by atoms with E-state index in [4.69, 9.17) is 0 Å². The predicted molar refractivity (Wildman–Crippen MR) is 52.2 cm³/mol. The molecule has 1 amide bonds. The summed E-state index contributed by atoms with van der Waals surface area (Å²) < 4.78 is 75.9. The number of amides is 1. The third kappa shape index (κ3) is 2.68. The molecule has 0 bridgehead atoms. The lowest BCUT2D eigenvalue weighted by molar-refractivity contribution is -0.153. The molecule has 0 unspecified atom stereocenters. The van der Waals surface area contributed by atoms with Gasteiger partial charge in [0.25, 0.3) is 0 Å². The molecule has 1 aromatic heterocycles. The Kier molecular flexibility index (Phi) is 3.34. The van der Waals surface area contributed by atoms with Gasteiger partial charge in [-0.25, -0.2) is 9.97 Å². The van der Waals surface area contributed by atoms with E-state index >= 15 is 0 Å². The quantitative estimate of drug-likeness (QED) is 0.589. The van der Waals surface area contributed by atoms with Crippen LogP contribution < -0.4 is 0 Å². The average Bonchev–Trinajstić information content (AvgIpc) is 2.34. The number of rotatable bonds is 1. The molecule has 0 radical (unpaired) electrons. The zero-order chi connectivity index (χ0) is 15.1. The van der Waals surface area contributed by atoms with Crippen LogP contribution in [0.25, 0.3) is 0 Å². The molecule has 1 aliphatic heterocycles. The maximum atomic E-state index is 12.8. The van der Waals surface area contributed by atoms with Crippen LogP contribution in [0.1, 0.15) is 22.8 Å². The number of fused-ring (bicyclic) bond motifs is 1. The predicted octanol–water partition coefficient (Wildman–Crippen LogP) is 2.03. The molecule has 0 fully saturated rings. The van der Waals surface area contributed by atoms with E-state index in [9.17, 15) is 31.1 Å². The number of aromatic nitrogens is 2. The molecule has 0 aliphatic carbocycles. The summed E-state index contributed by atoms with van der Waals surface area (Å²) >= 11 is 0. The molecule has 2 heterocycles. The van der Waals surface area contributed by atoms with Crippen molar-refractivity contribution in [3.63, 3.8) is 0 Å². The van der Waals surface area contributed by atoms with Crippen LogP contribution in [-0.4, -0.2) is 27.8 Å². The van der Waals surface area contributed by atoms with Crippen LogP contribution in [0.3, 0.4) is 0 Å². The molecule has 110 valence electrons. The Morgan fingerprint density at radius 3 is 2.20 bits per heavy atom. The fourth-order valence-electron chi connectivity index (χ4n) is 1.90. The molecule has 1 aromatic rings. The van der Waals surface area contributed by atoms with Crippen molar-refractivity contribution in [1.82, 2.24) is 14.9 Å². The van der Waals surface area contributed by atoms with Crippen LogP contribution in [0, 0.1) is 0 Å². The van der Waals surface area contributed by atoms with E-state index in [1.165, 1.54) is 0 Å². The molecule has 4 nitrogen and oxygen atoms in total. The molecule has 10 heteroatoms. The van der Waals surface area contributed by atoms with Crippen molar-refractivity contribution in [3.05, 3.63) is 22.8 Å². The minimum Gasteiger partial charge on any atom is -0.339 e. The summed E-state index contributed by atoms with van der Waals surface area (Å²) in [6.45, 7) is -0.415. The second kappa shape index (κ2) is 4.60. The highest BCUT2D eigenvalue weighted by Crippen LogP contribution is 2.36. The number of carbonyl (C=O) groups excluding carboxylic acids is 1. The highest BCUT2D eigenvalue weighted by molar-refractivity contribution is 5.49. The topological polar surface area (TPSA) is 46.1 Å². The average molecular weight is 299 g/mol. The van der Waals surface area contributed by atoms with Gasteiger partial charge < -0.3 is 4.90 Å². The first-order valence-electron chi connectivity index (χ1n) is 5.36. The van der Waals surface area contributed by atoms with Gasteiger partial charge in [-0.3, -0.25) is 4.79 Å². The first kappa shape index (κ1) is 14.5. The fraction of sp³-hybridized carbons (Fsp3) is 0.500. The summed E-state index contributed by atoms with van der Waals surface area (Å²) in [4.78, 5) is 17.4. The molecule has 0 aromatic carbocycles. The van der Waals surface area contributed by atoms with Crippen molar-refractivity contribution in [2.24, 2.45) is 0 Å². The van der Waals surface area contributed by atoms with Gasteiger partial charge in [0, 0.05) is 12.1 Å².